The molecule has 0 spiro atoms. The summed E-state index contributed by atoms with van der Waals surface area (Å²) in [6.45, 7) is 5.10. The summed E-state index contributed by atoms with van der Waals surface area (Å²) in [5.74, 6) is -0.652. The van der Waals surface area contributed by atoms with Crippen molar-refractivity contribution in [1.82, 2.24) is 0 Å². The van der Waals surface area contributed by atoms with E-state index in [1.54, 1.807) is 0 Å². The van der Waals surface area contributed by atoms with Gasteiger partial charge in [0.05, 0.1) is 16.8 Å². The van der Waals surface area contributed by atoms with E-state index in [4.69, 9.17) is 0 Å². The summed E-state index contributed by atoms with van der Waals surface area (Å²) in [6.07, 6.45) is 5.44. The average molecular weight is 469 g/mol. The number of rotatable bonds is 11. The summed E-state index contributed by atoms with van der Waals surface area (Å²) >= 11 is 0. The van der Waals surface area contributed by atoms with Gasteiger partial charge in [-0.05, 0) is 75.6 Å². The Bertz CT molecular complexity index is 1160. The molecular weight excluding hydrogens is 432 g/mol. The lowest BCUT2D eigenvalue weighted by molar-refractivity contribution is -0.143. The second-order valence-corrected chi connectivity index (χ2v) is 10.7. The molecule has 2 N–H and O–H groups in total. The number of hydrogen-bond acceptors (Lipinski definition) is 3. The van der Waals surface area contributed by atoms with Crippen LogP contribution in [0.25, 0.3) is 0 Å². The molecule has 3 aromatic rings. The summed E-state index contributed by atoms with van der Waals surface area (Å²) in [6, 6.07) is 26.6. The predicted octanol–water partition coefficient (Wildman–Crippen LogP) is 6.75. The van der Waals surface area contributed by atoms with E-state index in [0.29, 0.717) is 12.5 Å². The zero-order chi connectivity index (χ0) is 24.4. The minimum atomic E-state index is -0.652. The van der Waals surface area contributed by atoms with Crippen LogP contribution in [0.15, 0.2) is 72.8 Å². The monoisotopic (exact) mass is 468 g/mol. The first-order valence-corrected chi connectivity index (χ1v) is 12.9. The minimum Gasteiger partial charge on any atom is -0.481 e. The van der Waals surface area contributed by atoms with Gasteiger partial charge in [-0.2, -0.15) is 0 Å². The van der Waals surface area contributed by atoms with E-state index < -0.39 is 11.4 Å². The Kier molecular flexibility index (Phi) is 6.55. The van der Waals surface area contributed by atoms with Crippen LogP contribution in [0.3, 0.4) is 0 Å². The van der Waals surface area contributed by atoms with Crippen molar-refractivity contribution in [3.05, 3.63) is 95.1 Å². The average Bonchev–Trinajstić information content (AvgIpc) is 3.76. The molecule has 0 amide bonds. The Morgan fingerprint density at radius 1 is 0.943 bits per heavy atom. The maximum absolute atomic E-state index is 12.0. The molecule has 3 aromatic carbocycles. The normalized spacial score (nSPS) is 17.0. The number of aryl methyl sites for hydroxylation is 2. The molecule has 0 aromatic heterocycles. The van der Waals surface area contributed by atoms with Gasteiger partial charge in [0.1, 0.15) is 0 Å². The second-order valence-electron chi connectivity index (χ2n) is 10.7. The van der Waals surface area contributed by atoms with E-state index in [0.717, 1.165) is 31.5 Å². The van der Waals surface area contributed by atoms with E-state index in [9.17, 15) is 9.90 Å². The van der Waals surface area contributed by atoms with Crippen LogP contribution in [0.1, 0.15) is 54.4 Å². The fraction of sp³-hybridized carbons (Fsp3) is 0.387. The number of nitrogens with zero attached hydrogens (tertiary/aromatic N) is 1. The number of benzene rings is 3. The molecule has 4 heteroatoms. The second kappa shape index (κ2) is 9.77. The van der Waals surface area contributed by atoms with Crippen LogP contribution in [0.5, 0.6) is 0 Å². The molecule has 182 valence electrons. The first kappa shape index (κ1) is 23.5. The quantitative estimate of drug-likeness (QED) is 0.327. The molecule has 35 heavy (non-hydrogen) atoms. The maximum Gasteiger partial charge on any atom is 0.309 e. The summed E-state index contributed by atoms with van der Waals surface area (Å²) in [5.41, 5.74) is 6.82. The molecule has 2 saturated carbocycles. The highest BCUT2D eigenvalue weighted by Gasteiger charge is 2.51. The van der Waals surface area contributed by atoms with Crippen LogP contribution in [0.4, 0.5) is 11.4 Å². The van der Waals surface area contributed by atoms with E-state index in [1.165, 1.54) is 40.8 Å². The van der Waals surface area contributed by atoms with E-state index in [1.807, 2.05) is 0 Å². The smallest absolute Gasteiger partial charge is 0.309 e. The summed E-state index contributed by atoms with van der Waals surface area (Å²) in [4.78, 5) is 14.6. The first-order valence-electron chi connectivity index (χ1n) is 12.9. The molecule has 4 nitrogen and oxygen atoms in total. The molecule has 0 bridgehead atoms. The SMILES string of the molecule is Cc1ccc(CC(CC2(C(=O)O)CC2)Nc2ccccc2N(Cc2ccc(C)cc2)C2CC2)cc1. The number of nitrogens with one attached hydrogen (secondary N) is 1. The van der Waals surface area contributed by atoms with Crippen molar-refractivity contribution in [3.8, 4) is 0 Å². The van der Waals surface area contributed by atoms with Gasteiger partial charge in [-0.25, -0.2) is 0 Å². The molecule has 0 radical (unpaired) electrons. The van der Waals surface area contributed by atoms with E-state index in [-0.39, 0.29) is 6.04 Å². The maximum atomic E-state index is 12.0. The highest BCUT2D eigenvalue weighted by molar-refractivity contribution is 5.78. The fourth-order valence-electron chi connectivity index (χ4n) is 5.06. The van der Waals surface area contributed by atoms with Crippen LogP contribution in [0.2, 0.25) is 0 Å². The standard InChI is InChI=1S/C31H36N2O2/c1-22-7-11-24(12-8-22)19-26(20-31(17-18-31)30(34)35)32-28-5-3-4-6-29(28)33(27-15-16-27)21-25-13-9-23(2)10-14-25/h3-14,26-27,32H,15-21H2,1-2H3,(H,34,35). The zero-order valence-corrected chi connectivity index (χ0v) is 20.8. The molecule has 2 aliphatic carbocycles. The first-order chi connectivity index (χ1) is 16.9. The predicted molar refractivity (Wildman–Crippen MR) is 143 cm³/mol. The number of aliphatic carboxylic acids is 1. The van der Waals surface area contributed by atoms with Crippen LogP contribution in [-0.2, 0) is 17.8 Å². The minimum absolute atomic E-state index is 0.0536. The number of carboxylic acid groups (broad SMARTS) is 1. The van der Waals surface area contributed by atoms with Crippen molar-refractivity contribution in [2.45, 2.75) is 71.0 Å². The van der Waals surface area contributed by atoms with Crippen molar-refractivity contribution in [2.24, 2.45) is 5.41 Å². The molecule has 5 rings (SSSR count). The lowest BCUT2D eigenvalue weighted by Crippen LogP contribution is -2.31. The van der Waals surface area contributed by atoms with Crippen molar-refractivity contribution < 1.29 is 9.90 Å². The molecule has 2 aliphatic rings. The third kappa shape index (κ3) is 5.70. The highest BCUT2D eigenvalue weighted by Crippen LogP contribution is 2.50. The molecule has 0 saturated heterocycles. The van der Waals surface area contributed by atoms with E-state index in [2.05, 4.69) is 96.9 Å². The Hall–Kier alpha value is -3.27. The Morgan fingerprint density at radius 3 is 2.11 bits per heavy atom. The number of carboxylic acids is 1. The van der Waals surface area contributed by atoms with Gasteiger partial charge in [-0.1, -0.05) is 71.8 Å². The highest BCUT2D eigenvalue weighted by atomic mass is 16.4. The van der Waals surface area contributed by atoms with Gasteiger partial charge in [0, 0.05) is 18.6 Å². The Labute approximate surface area is 209 Å². The third-order valence-corrected chi connectivity index (χ3v) is 7.58. The van der Waals surface area contributed by atoms with Crippen molar-refractivity contribution in [3.63, 3.8) is 0 Å². The van der Waals surface area contributed by atoms with Gasteiger partial charge in [0.25, 0.3) is 0 Å². The Balaban J connectivity index is 1.41. The van der Waals surface area contributed by atoms with Crippen molar-refractivity contribution in [2.75, 3.05) is 10.2 Å². The van der Waals surface area contributed by atoms with Gasteiger partial charge in [0.2, 0.25) is 0 Å². The molecule has 0 aliphatic heterocycles. The van der Waals surface area contributed by atoms with Gasteiger partial charge in [0.15, 0.2) is 0 Å². The van der Waals surface area contributed by atoms with Gasteiger partial charge < -0.3 is 15.3 Å². The topological polar surface area (TPSA) is 52.6 Å². The molecule has 1 atom stereocenters. The lowest BCUT2D eigenvalue weighted by atomic mass is 9.92. The lowest BCUT2D eigenvalue weighted by Gasteiger charge is -2.30. The third-order valence-electron chi connectivity index (χ3n) is 7.58. The molecule has 1 unspecified atom stereocenters. The number of carbonyl (C=O) groups is 1. The zero-order valence-electron chi connectivity index (χ0n) is 20.8. The van der Waals surface area contributed by atoms with Crippen LogP contribution in [0, 0.1) is 19.3 Å². The van der Waals surface area contributed by atoms with Gasteiger partial charge >= 0.3 is 5.97 Å². The summed E-state index contributed by atoms with van der Waals surface area (Å²) in [5, 5.41) is 13.7. The summed E-state index contributed by atoms with van der Waals surface area (Å²) < 4.78 is 0. The molecular formula is C31H36N2O2. The number of para-hydroxylation sites is 2. The van der Waals surface area contributed by atoms with Crippen LogP contribution < -0.4 is 10.2 Å². The number of anilines is 2. The molecule has 0 heterocycles. The Morgan fingerprint density at radius 2 is 1.54 bits per heavy atom. The van der Waals surface area contributed by atoms with Crippen molar-refractivity contribution in [1.29, 1.82) is 0 Å². The van der Waals surface area contributed by atoms with E-state index >= 15 is 0 Å². The largest absolute Gasteiger partial charge is 0.481 e. The van der Waals surface area contributed by atoms with Crippen LogP contribution >= 0.6 is 0 Å². The molecule has 2 fully saturated rings. The number of hydrogen-bond donors (Lipinski definition) is 2. The summed E-state index contributed by atoms with van der Waals surface area (Å²) in [7, 11) is 0. The fourth-order valence-corrected chi connectivity index (χ4v) is 5.06. The van der Waals surface area contributed by atoms with Crippen LogP contribution in [-0.4, -0.2) is 23.2 Å². The van der Waals surface area contributed by atoms with Crippen molar-refractivity contribution >= 4 is 17.3 Å². The van der Waals surface area contributed by atoms with Gasteiger partial charge in [-0.15, -0.1) is 0 Å². The van der Waals surface area contributed by atoms with Gasteiger partial charge in [-0.3, -0.25) is 4.79 Å².